The number of para-hydroxylation sites is 1. The van der Waals surface area contributed by atoms with Crippen molar-refractivity contribution in [2.45, 2.75) is 45.4 Å². The molecule has 20 heavy (non-hydrogen) atoms. The Kier molecular flexibility index (Phi) is 3.01. The molecule has 1 aromatic carbocycles. The highest BCUT2D eigenvalue weighted by atomic mass is 16.3. The fraction of sp³-hybridized carbons (Fsp3) is 0.467. The summed E-state index contributed by atoms with van der Waals surface area (Å²) in [7, 11) is 0. The maximum Gasteiger partial charge on any atom is 0.280 e. The van der Waals surface area contributed by atoms with E-state index in [0.29, 0.717) is 11.8 Å². The summed E-state index contributed by atoms with van der Waals surface area (Å²) in [5.74, 6) is 0.740. The predicted molar refractivity (Wildman–Crippen MR) is 78.5 cm³/mol. The lowest BCUT2D eigenvalue weighted by atomic mass is 10.2. The zero-order valence-electron chi connectivity index (χ0n) is 11.9. The quantitative estimate of drug-likeness (QED) is 0.849. The van der Waals surface area contributed by atoms with E-state index < -0.39 is 6.10 Å². The van der Waals surface area contributed by atoms with E-state index >= 15 is 0 Å². The molecule has 3 rings (SSSR count). The van der Waals surface area contributed by atoms with E-state index in [0.717, 1.165) is 11.3 Å². The van der Waals surface area contributed by atoms with Crippen molar-refractivity contribution in [2.24, 2.45) is 0 Å². The summed E-state index contributed by atoms with van der Waals surface area (Å²) in [6, 6.07) is 7.53. The van der Waals surface area contributed by atoms with Crippen LogP contribution in [0, 0.1) is 0 Å². The minimum Gasteiger partial charge on any atom is -0.391 e. The van der Waals surface area contributed by atoms with Crippen LogP contribution in [0.15, 0.2) is 29.1 Å². The number of benzene rings is 1. The molecule has 1 N–H and O–H groups in total. The monoisotopic (exact) mass is 273 g/mol. The molecule has 1 saturated heterocycles. The number of rotatable bonds is 3. The molecule has 0 amide bonds. The maximum atomic E-state index is 12.7. The molecule has 0 aliphatic carbocycles. The van der Waals surface area contributed by atoms with E-state index in [1.807, 2.05) is 37.1 Å². The third-order valence-corrected chi connectivity index (χ3v) is 3.99. The fourth-order valence-electron chi connectivity index (χ4n) is 2.93. The molecule has 0 unspecified atom stereocenters. The lowest BCUT2D eigenvalue weighted by Gasteiger charge is -2.16. The van der Waals surface area contributed by atoms with Crippen molar-refractivity contribution in [1.29, 1.82) is 0 Å². The minimum atomic E-state index is -0.465. The molecule has 3 atom stereocenters. The van der Waals surface area contributed by atoms with E-state index in [1.165, 1.54) is 0 Å². The van der Waals surface area contributed by atoms with Crippen molar-refractivity contribution in [3.8, 4) is 0 Å². The van der Waals surface area contributed by atoms with Gasteiger partial charge < -0.3 is 5.11 Å². The zero-order valence-corrected chi connectivity index (χ0v) is 11.9. The number of nitrogens with zero attached hydrogens (tertiary/aromatic N) is 3. The normalized spacial score (nSPS) is 23.1. The first-order valence-electron chi connectivity index (χ1n) is 7.03. The van der Waals surface area contributed by atoms with Gasteiger partial charge in [-0.25, -0.2) is 9.66 Å². The Bertz CT molecular complexity index is 708. The number of fused-ring (bicyclic) bond motifs is 1. The summed E-state index contributed by atoms with van der Waals surface area (Å²) in [6.45, 7) is 5.75. The van der Waals surface area contributed by atoms with Crippen molar-refractivity contribution in [3.05, 3.63) is 40.4 Å². The molecule has 5 nitrogen and oxygen atoms in total. The van der Waals surface area contributed by atoms with Crippen LogP contribution in [-0.2, 0) is 6.42 Å². The Morgan fingerprint density at radius 3 is 2.70 bits per heavy atom. The Labute approximate surface area is 117 Å². The summed E-state index contributed by atoms with van der Waals surface area (Å²) < 4.78 is 1.64. The molecule has 2 aromatic rings. The van der Waals surface area contributed by atoms with Crippen molar-refractivity contribution < 1.29 is 5.11 Å². The Balaban J connectivity index is 2.20. The molecule has 1 aliphatic heterocycles. The van der Waals surface area contributed by atoms with Crippen LogP contribution >= 0.6 is 0 Å². The SMILES string of the molecule is CCc1nc2ccccc2c(=O)n1N1[C@H]([C@H](C)O)[C@H]1C. The molecular formula is C15H19N3O2. The van der Waals surface area contributed by atoms with E-state index in [2.05, 4.69) is 4.98 Å². The van der Waals surface area contributed by atoms with Crippen LogP contribution in [0.5, 0.6) is 0 Å². The number of aliphatic hydroxyl groups excluding tert-OH is 1. The van der Waals surface area contributed by atoms with Crippen LogP contribution in [0.4, 0.5) is 0 Å². The van der Waals surface area contributed by atoms with Gasteiger partial charge in [-0.15, -0.1) is 0 Å². The highest BCUT2D eigenvalue weighted by Gasteiger charge is 2.49. The van der Waals surface area contributed by atoms with Gasteiger partial charge in [-0.1, -0.05) is 19.1 Å². The summed E-state index contributed by atoms with van der Waals surface area (Å²) in [4.78, 5) is 17.3. The lowest BCUT2D eigenvalue weighted by molar-refractivity contribution is 0.191. The first-order chi connectivity index (χ1) is 9.56. The second kappa shape index (κ2) is 4.59. The summed E-state index contributed by atoms with van der Waals surface area (Å²) in [5.41, 5.74) is 0.677. The van der Waals surface area contributed by atoms with Gasteiger partial charge in [0.15, 0.2) is 0 Å². The second-order valence-corrected chi connectivity index (χ2v) is 5.37. The molecule has 1 fully saturated rings. The average Bonchev–Trinajstić information content (AvgIpc) is 3.09. The maximum absolute atomic E-state index is 12.7. The zero-order chi connectivity index (χ0) is 14.4. The van der Waals surface area contributed by atoms with Crippen LogP contribution in [0.25, 0.3) is 10.9 Å². The minimum absolute atomic E-state index is 0.0130. The molecule has 0 bridgehead atoms. The average molecular weight is 273 g/mol. The number of hydrogen-bond acceptors (Lipinski definition) is 4. The summed E-state index contributed by atoms with van der Waals surface area (Å²) in [6.07, 6.45) is 0.212. The third-order valence-electron chi connectivity index (χ3n) is 3.99. The molecule has 5 heteroatoms. The van der Waals surface area contributed by atoms with Gasteiger partial charge in [0, 0.05) is 6.42 Å². The van der Waals surface area contributed by atoms with Crippen LogP contribution in [0.3, 0.4) is 0 Å². The van der Waals surface area contributed by atoms with Gasteiger partial charge in [0.05, 0.1) is 29.1 Å². The molecular weight excluding hydrogens is 254 g/mol. The Morgan fingerprint density at radius 1 is 1.40 bits per heavy atom. The smallest absolute Gasteiger partial charge is 0.280 e. The van der Waals surface area contributed by atoms with Gasteiger partial charge >= 0.3 is 0 Å². The lowest BCUT2D eigenvalue weighted by Crippen LogP contribution is -2.36. The highest BCUT2D eigenvalue weighted by molar-refractivity contribution is 5.77. The van der Waals surface area contributed by atoms with Crippen molar-refractivity contribution >= 4 is 10.9 Å². The standard InChI is InChI=1S/C15H19N3O2/c1-4-13-16-12-8-6-5-7-11(12)15(20)18(13)17-9(2)14(17)10(3)19/h5-10,14,19H,4H2,1-3H3/t9-,10+,14+,17?/m1/s1. The Morgan fingerprint density at radius 2 is 2.10 bits per heavy atom. The van der Waals surface area contributed by atoms with Gasteiger partial charge in [0.1, 0.15) is 5.82 Å². The molecule has 106 valence electrons. The van der Waals surface area contributed by atoms with Gasteiger partial charge in [-0.3, -0.25) is 9.80 Å². The molecule has 0 saturated carbocycles. The van der Waals surface area contributed by atoms with Gasteiger partial charge in [0.2, 0.25) is 0 Å². The topological polar surface area (TPSA) is 58.1 Å². The number of aryl methyl sites for hydroxylation is 1. The molecule has 0 radical (unpaired) electrons. The van der Waals surface area contributed by atoms with Gasteiger partial charge in [0.25, 0.3) is 5.56 Å². The largest absolute Gasteiger partial charge is 0.391 e. The highest BCUT2D eigenvalue weighted by Crippen LogP contribution is 2.28. The molecule has 1 aromatic heterocycles. The first-order valence-corrected chi connectivity index (χ1v) is 7.03. The van der Waals surface area contributed by atoms with Crippen LogP contribution < -0.4 is 10.6 Å². The molecule has 1 aliphatic rings. The second-order valence-electron chi connectivity index (χ2n) is 5.37. The van der Waals surface area contributed by atoms with Crippen molar-refractivity contribution in [3.63, 3.8) is 0 Å². The number of aliphatic hydroxyl groups is 1. The van der Waals surface area contributed by atoms with Crippen molar-refractivity contribution in [2.75, 3.05) is 5.01 Å². The Hall–Kier alpha value is -1.88. The van der Waals surface area contributed by atoms with E-state index in [-0.39, 0.29) is 17.6 Å². The first kappa shape index (κ1) is 13.1. The van der Waals surface area contributed by atoms with Gasteiger partial charge in [-0.05, 0) is 26.0 Å². The summed E-state index contributed by atoms with van der Waals surface area (Å²) >= 11 is 0. The molecule has 0 spiro atoms. The van der Waals surface area contributed by atoms with Crippen LogP contribution in [-0.4, -0.2) is 33.0 Å². The van der Waals surface area contributed by atoms with Crippen molar-refractivity contribution in [1.82, 2.24) is 9.66 Å². The van der Waals surface area contributed by atoms with Crippen LogP contribution in [0.1, 0.15) is 26.6 Å². The molecule has 2 heterocycles. The van der Waals surface area contributed by atoms with E-state index in [9.17, 15) is 9.90 Å². The third kappa shape index (κ3) is 1.81. The van der Waals surface area contributed by atoms with E-state index in [1.54, 1.807) is 17.7 Å². The van der Waals surface area contributed by atoms with Gasteiger partial charge in [-0.2, -0.15) is 0 Å². The van der Waals surface area contributed by atoms with Crippen LogP contribution in [0.2, 0.25) is 0 Å². The summed E-state index contributed by atoms with van der Waals surface area (Å²) in [5, 5.41) is 12.3. The number of aromatic nitrogens is 2. The van der Waals surface area contributed by atoms with E-state index in [4.69, 9.17) is 0 Å². The predicted octanol–water partition coefficient (Wildman–Crippen LogP) is 1.05. The fourth-order valence-corrected chi connectivity index (χ4v) is 2.93. The number of hydrogen-bond donors (Lipinski definition) is 1.